The van der Waals surface area contributed by atoms with E-state index in [9.17, 15) is 9.90 Å². The molecule has 0 radical (unpaired) electrons. The van der Waals surface area contributed by atoms with Crippen LogP contribution in [0.5, 0.6) is 0 Å². The Morgan fingerprint density at radius 1 is 1.10 bits per heavy atom. The summed E-state index contributed by atoms with van der Waals surface area (Å²) in [6.07, 6.45) is -0.847. The molecule has 0 bridgehead atoms. The highest BCUT2D eigenvalue weighted by atomic mass is 35.5. The monoisotopic (exact) mass is 323 g/mol. The van der Waals surface area contributed by atoms with E-state index in [1.54, 1.807) is 42.5 Å². The third-order valence-corrected chi connectivity index (χ3v) is 3.73. The number of aliphatic hydroxyl groups excluding tert-OH is 1. The van der Waals surface area contributed by atoms with Crippen LogP contribution in [0.15, 0.2) is 51.7 Å². The average molecular weight is 324 g/mol. The SMILES string of the molecule is O=c1oc2ccc(Cl)cc2n1CC(O)c1ccc(Cl)cc1. The Bertz CT molecular complexity index is 836. The second-order valence-corrected chi connectivity index (χ2v) is 5.53. The molecule has 1 aromatic heterocycles. The van der Waals surface area contributed by atoms with Crippen LogP contribution in [0.1, 0.15) is 11.7 Å². The van der Waals surface area contributed by atoms with Crippen molar-refractivity contribution in [3.63, 3.8) is 0 Å². The average Bonchev–Trinajstić information content (AvgIpc) is 2.76. The Labute approximate surface area is 130 Å². The van der Waals surface area contributed by atoms with E-state index in [1.807, 2.05) is 0 Å². The number of rotatable bonds is 3. The summed E-state index contributed by atoms with van der Waals surface area (Å²) in [6.45, 7) is 0.0772. The summed E-state index contributed by atoms with van der Waals surface area (Å²) in [5.41, 5.74) is 1.66. The Morgan fingerprint density at radius 2 is 1.76 bits per heavy atom. The lowest BCUT2D eigenvalue weighted by Gasteiger charge is -2.11. The van der Waals surface area contributed by atoms with E-state index < -0.39 is 11.9 Å². The predicted octanol–water partition coefficient (Wildman–Crippen LogP) is 3.63. The number of aliphatic hydroxyl groups is 1. The lowest BCUT2D eigenvalue weighted by molar-refractivity contribution is 0.155. The number of fused-ring (bicyclic) bond motifs is 1. The van der Waals surface area contributed by atoms with Gasteiger partial charge in [0.05, 0.1) is 18.2 Å². The molecular formula is C15H11Cl2NO3. The molecule has 1 atom stereocenters. The largest absolute Gasteiger partial charge is 0.420 e. The topological polar surface area (TPSA) is 55.4 Å². The fourth-order valence-corrected chi connectivity index (χ4v) is 2.46. The summed E-state index contributed by atoms with van der Waals surface area (Å²) in [6, 6.07) is 11.7. The van der Waals surface area contributed by atoms with E-state index in [-0.39, 0.29) is 6.54 Å². The number of aromatic nitrogens is 1. The van der Waals surface area contributed by atoms with Crippen molar-refractivity contribution in [3.8, 4) is 0 Å². The number of benzene rings is 2. The van der Waals surface area contributed by atoms with Crippen LogP contribution in [0.25, 0.3) is 11.1 Å². The maximum atomic E-state index is 11.9. The summed E-state index contributed by atoms with van der Waals surface area (Å²) in [4.78, 5) is 11.9. The number of halogens is 2. The summed E-state index contributed by atoms with van der Waals surface area (Å²) < 4.78 is 6.49. The van der Waals surface area contributed by atoms with Crippen molar-refractivity contribution in [2.24, 2.45) is 0 Å². The van der Waals surface area contributed by atoms with Crippen molar-refractivity contribution in [1.82, 2.24) is 4.57 Å². The van der Waals surface area contributed by atoms with E-state index in [0.717, 1.165) is 0 Å². The minimum atomic E-state index is -0.847. The van der Waals surface area contributed by atoms with E-state index in [2.05, 4.69) is 0 Å². The first-order valence-corrected chi connectivity index (χ1v) is 7.02. The second-order valence-electron chi connectivity index (χ2n) is 4.66. The number of hydrogen-bond donors (Lipinski definition) is 1. The van der Waals surface area contributed by atoms with Gasteiger partial charge in [0.15, 0.2) is 5.58 Å². The lowest BCUT2D eigenvalue weighted by Crippen LogP contribution is -2.18. The van der Waals surface area contributed by atoms with Crippen molar-refractivity contribution in [2.75, 3.05) is 0 Å². The Morgan fingerprint density at radius 3 is 2.48 bits per heavy atom. The molecule has 0 amide bonds. The third-order valence-electron chi connectivity index (χ3n) is 3.24. The molecule has 0 aliphatic heterocycles. The molecule has 2 aromatic carbocycles. The smallest absolute Gasteiger partial charge is 0.408 e. The summed E-state index contributed by atoms with van der Waals surface area (Å²) in [5, 5.41) is 11.3. The molecule has 0 spiro atoms. The van der Waals surface area contributed by atoms with Gasteiger partial charge in [0.1, 0.15) is 0 Å². The van der Waals surface area contributed by atoms with Crippen molar-refractivity contribution in [3.05, 3.63) is 68.6 Å². The quantitative estimate of drug-likeness (QED) is 0.800. The molecule has 0 fully saturated rings. The van der Waals surface area contributed by atoms with E-state index in [1.165, 1.54) is 4.57 Å². The highest BCUT2D eigenvalue weighted by Gasteiger charge is 2.15. The van der Waals surface area contributed by atoms with Gasteiger partial charge in [-0.3, -0.25) is 4.57 Å². The van der Waals surface area contributed by atoms with Crippen LogP contribution in [0.2, 0.25) is 10.0 Å². The van der Waals surface area contributed by atoms with Crippen LogP contribution < -0.4 is 5.76 Å². The molecule has 108 valence electrons. The number of oxazole rings is 1. The van der Waals surface area contributed by atoms with Crippen LogP contribution in [0, 0.1) is 0 Å². The third kappa shape index (κ3) is 2.83. The van der Waals surface area contributed by atoms with Crippen LogP contribution >= 0.6 is 23.2 Å². The fourth-order valence-electron chi connectivity index (χ4n) is 2.17. The molecule has 21 heavy (non-hydrogen) atoms. The van der Waals surface area contributed by atoms with Crippen LogP contribution in [0.4, 0.5) is 0 Å². The molecule has 3 rings (SSSR count). The maximum Gasteiger partial charge on any atom is 0.420 e. The molecule has 3 aromatic rings. The van der Waals surface area contributed by atoms with Gasteiger partial charge >= 0.3 is 5.76 Å². The van der Waals surface area contributed by atoms with Crippen molar-refractivity contribution in [1.29, 1.82) is 0 Å². The number of nitrogens with zero attached hydrogens (tertiary/aromatic N) is 1. The fraction of sp³-hybridized carbons (Fsp3) is 0.133. The molecule has 0 aliphatic rings. The molecule has 0 saturated heterocycles. The van der Waals surface area contributed by atoms with Gasteiger partial charge in [0.25, 0.3) is 0 Å². The Kier molecular flexibility index (Phi) is 3.76. The first-order valence-electron chi connectivity index (χ1n) is 6.27. The predicted molar refractivity (Wildman–Crippen MR) is 81.9 cm³/mol. The normalized spacial score (nSPS) is 12.7. The number of hydrogen-bond acceptors (Lipinski definition) is 3. The van der Waals surface area contributed by atoms with Gasteiger partial charge in [0, 0.05) is 10.0 Å². The summed E-state index contributed by atoms with van der Waals surface area (Å²) >= 11 is 11.8. The van der Waals surface area contributed by atoms with Gasteiger partial charge < -0.3 is 9.52 Å². The molecular weight excluding hydrogens is 313 g/mol. The lowest BCUT2D eigenvalue weighted by atomic mass is 10.1. The standard InChI is InChI=1S/C15H11Cl2NO3/c16-10-3-1-9(2-4-10)13(19)8-18-12-7-11(17)5-6-14(12)21-15(18)20/h1-7,13,19H,8H2. The van der Waals surface area contributed by atoms with Gasteiger partial charge in [-0.2, -0.15) is 0 Å². The van der Waals surface area contributed by atoms with Gasteiger partial charge in [0.2, 0.25) is 0 Å². The van der Waals surface area contributed by atoms with E-state index in [4.69, 9.17) is 27.6 Å². The Hall–Kier alpha value is -1.75. The second kappa shape index (κ2) is 5.56. The van der Waals surface area contributed by atoms with Crippen LogP contribution in [0.3, 0.4) is 0 Å². The van der Waals surface area contributed by atoms with Gasteiger partial charge in [-0.25, -0.2) is 4.79 Å². The molecule has 4 nitrogen and oxygen atoms in total. The van der Waals surface area contributed by atoms with Crippen molar-refractivity contribution >= 4 is 34.3 Å². The van der Waals surface area contributed by atoms with E-state index in [0.29, 0.717) is 26.7 Å². The van der Waals surface area contributed by atoms with Gasteiger partial charge in [-0.1, -0.05) is 35.3 Å². The minimum absolute atomic E-state index is 0.0772. The van der Waals surface area contributed by atoms with Crippen LogP contribution in [-0.2, 0) is 6.54 Å². The molecule has 0 aliphatic carbocycles. The molecule has 1 N–H and O–H groups in total. The Balaban J connectivity index is 1.97. The van der Waals surface area contributed by atoms with Gasteiger partial charge in [-0.15, -0.1) is 0 Å². The highest BCUT2D eigenvalue weighted by Crippen LogP contribution is 2.22. The maximum absolute atomic E-state index is 11.9. The zero-order chi connectivity index (χ0) is 15.0. The van der Waals surface area contributed by atoms with Crippen molar-refractivity contribution < 1.29 is 9.52 Å². The molecule has 0 saturated carbocycles. The molecule has 6 heteroatoms. The summed E-state index contributed by atoms with van der Waals surface area (Å²) in [7, 11) is 0. The van der Waals surface area contributed by atoms with Crippen molar-refractivity contribution in [2.45, 2.75) is 12.6 Å². The summed E-state index contributed by atoms with van der Waals surface area (Å²) in [5.74, 6) is -0.528. The highest BCUT2D eigenvalue weighted by molar-refractivity contribution is 6.31. The minimum Gasteiger partial charge on any atom is -0.408 e. The van der Waals surface area contributed by atoms with E-state index >= 15 is 0 Å². The zero-order valence-electron chi connectivity index (χ0n) is 10.8. The van der Waals surface area contributed by atoms with Gasteiger partial charge in [-0.05, 0) is 35.9 Å². The first-order chi connectivity index (χ1) is 10.0. The zero-order valence-corrected chi connectivity index (χ0v) is 12.3. The molecule has 1 unspecified atom stereocenters. The molecule has 1 heterocycles. The first kappa shape index (κ1) is 14.2. The van der Waals surface area contributed by atoms with Crippen LogP contribution in [-0.4, -0.2) is 9.67 Å².